The minimum absolute atomic E-state index is 0. The van der Waals surface area contributed by atoms with E-state index in [9.17, 15) is 13.2 Å². The van der Waals surface area contributed by atoms with Gasteiger partial charge in [0.15, 0.2) is 0 Å². The highest BCUT2D eigenvalue weighted by molar-refractivity contribution is 6.31. The Kier molecular flexibility index (Phi) is 6.18. The summed E-state index contributed by atoms with van der Waals surface area (Å²) in [6.07, 6.45) is -3.51. The number of likely N-dealkylation sites (tertiary alicyclic amines) is 1. The average Bonchev–Trinajstić information content (AvgIpc) is 2.35. The second-order valence-corrected chi connectivity index (χ2v) is 6.81. The van der Waals surface area contributed by atoms with Gasteiger partial charge >= 0.3 is 6.18 Å². The van der Waals surface area contributed by atoms with Crippen molar-refractivity contribution in [1.29, 1.82) is 0 Å². The Morgan fingerprint density at radius 2 is 2.00 bits per heavy atom. The highest BCUT2D eigenvalue weighted by Gasteiger charge is 2.34. The van der Waals surface area contributed by atoms with Crippen LogP contribution in [0.2, 0.25) is 5.02 Å². The Hall–Kier alpha value is -0.490. The van der Waals surface area contributed by atoms with Crippen molar-refractivity contribution in [3.63, 3.8) is 0 Å². The second-order valence-electron chi connectivity index (χ2n) is 6.40. The van der Waals surface area contributed by atoms with Gasteiger partial charge in [0.05, 0.1) is 5.56 Å². The molecule has 126 valence electrons. The van der Waals surface area contributed by atoms with Crippen LogP contribution in [0.3, 0.4) is 0 Å². The Morgan fingerprint density at radius 3 is 2.55 bits per heavy atom. The molecular weight excluding hydrogens is 336 g/mol. The molecule has 1 saturated heterocycles. The van der Waals surface area contributed by atoms with E-state index < -0.39 is 11.7 Å². The maximum absolute atomic E-state index is 12.8. The molecule has 0 saturated carbocycles. The van der Waals surface area contributed by atoms with E-state index in [1.165, 1.54) is 6.07 Å². The van der Waals surface area contributed by atoms with E-state index in [0.29, 0.717) is 17.1 Å². The van der Waals surface area contributed by atoms with Gasteiger partial charge in [0, 0.05) is 30.7 Å². The van der Waals surface area contributed by atoms with Crippen molar-refractivity contribution in [3.05, 3.63) is 34.3 Å². The van der Waals surface area contributed by atoms with Crippen molar-refractivity contribution >= 4 is 24.0 Å². The van der Waals surface area contributed by atoms with Crippen LogP contribution in [0.25, 0.3) is 0 Å². The van der Waals surface area contributed by atoms with Gasteiger partial charge in [-0.25, -0.2) is 0 Å². The number of halogens is 5. The molecule has 0 spiro atoms. The van der Waals surface area contributed by atoms with Crippen molar-refractivity contribution < 1.29 is 13.2 Å². The predicted octanol–water partition coefficient (Wildman–Crippen LogP) is 4.34. The van der Waals surface area contributed by atoms with Crippen LogP contribution in [0, 0.1) is 5.41 Å². The first-order valence-corrected chi connectivity index (χ1v) is 7.31. The van der Waals surface area contributed by atoms with Crippen molar-refractivity contribution in [1.82, 2.24) is 4.90 Å². The van der Waals surface area contributed by atoms with Crippen LogP contribution in [0.1, 0.15) is 31.4 Å². The van der Waals surface area contributed by atoms with Crippen LogP contribution in [-0.4, -0.2) is 24.0 Å². The normalized spacial score (nSPS) is 22.2. The molecule has 1 aromatic carbocycles. The summed E-state index contributed by atoms with van der Waals surface area (Å²) in [4.78, 5) is 2.12. The van der Waals surface area contributed by atoms with E-state index in [1.807, 2.05) is 0 Å². The quantitative estimate of drug-likeness (QED) is 0.853. The number of piperidine rings is 1. The molecule has 1 aliphatic heterocycles. The van der Waals surface area contributed by atoms with Gasteiger partial charge in [-0.05, 0) is 35.6 Å². The number of hydrogen-bond acceptors (Lipinski definition) is 2. The molecule has 2 N–H and O–H groups in total. The first-order valence-electron chi connectivity index (χ1n) is 6.93. The molecule has 1 atom stereocenters. The number of nitrogens with zero attached hydrogens (tertiary/aromatic N) is 1. The van der Waals surface area contributed by atoms with Crippen molar-refractivity contribution in [2.45, 2.75) is 39.0 Å². The first-order chi connectivity index (χ1) is 9.59. The van der Waals surface area contributed by atoms with E-state index in [2.05, 4.69) is 18.7 Å². The van der Waals surface area contributed by atoms with Gasteiger partial charge in [-0.3, -0.25) is 4.90 Å². The minimum atomic E-state index is -4.34. The van der Waals surface area contributed by atoms with Crippen molar-refractivity contribution in [2.24, 2.45) is 11.1 Å². The van der Waals surface area contributed by atoms with Gasteiger partial charge in [-0.2, -0.15) is 13.2 Å². The van der Waals surface area contributed by atoms with Gasteiger partial charge in [0.2, 0.25) is 0 Å². The Morgan fingerprint density at radius 1 is 1.36 bits per heavy atom. The molecule has 0 aromatic heterocycles. The molecule has 0 aliphatic carbocycles. The summed E-state index contributed by atoms with van der Waals surface area (Å²) in [5.41, 5.74) is 5.88. The highest BCUT2D eigenvalue weighted by Crippen LogP contribution is 2.33. The third-order valence-electron chi connectivity index (χ3n) is 4.16. The number of nitrogens with two attached hydrogens (primary N) is 1. The molecule has 2 rings (SSSR count). The Balaban J connectivity index is 0.00000242. The lowest BCUT2D eigenvalue weighted by Crippen LogP contribution is -2.52. The smallest absolute Gasteiger partial charge is 0.327 e. The molecule has 1 aliphatic rings. The van der Waals surface area contributed by atoms with Crippen molar-refractivity contribution in [2.75, 3.05) is 13.1 Å². The van der Waals surface area contributed by atoms with Crippen LogP contribution < -0.4 is 5.73 Å². The molecule has 7 heteroatoms. The van der Waals surface area contributed by atoms with Crippen molar-refractivity contribution in [3.8, 4) is 0 Å². The fourth-order valence-corrected chi connectivity index (χ4v) is 2.91. The minimum Gasteiger partial charge on any atom is -0.327 e. The molecule has 1 heterocycles. The summed E-state index contributed by atoms with van der Waals surface area (Å²) >= 11 is 6.05. The standard InChI is InChI=1S/C15H20ClF3N2.ClH/c1-14(2)9-21(6-5-13(14)20)8-10-7-11(15(17,18)19)3-4-12(10)16;/h3-4,7,13H,5-6,8-9,20H2,1-2H3;1H. The van der Waals surface area contributed by atoms with Crippen LogP contribution in [-0.2, 0) is 12.7 Å². The summed E-state index contributed by atoms with van der Waals surface area (Å²) in [6.45, 7) is 6.10. The molecule has 0 radical (unpaired) electrons. The molecule has 1 fully saturated rings. The summed E-state index contributed by atoms with van der Waals surface area (Å²) < 4.78 is 38.3. The van der Waals surface area contributed by atoms with Crippen LogP contribution in [0.15, 0.2) is 18.2 Å². The fraction of sp³-hybridized carbons (Fsp3) is 0.600. The van der Waals surface area contributed by atoms with E-state index >= 15 is 0 Å². The molecule has 0 amide bonds. The molecular formula is C15H21Cl2F3N2. The fourth-order valence-electron chi connectivity index (χ4n) is 2.73. The van der Waals surface area contributed by atoms with E-state index in [1.54, 1.807) is 0 Å². The topological polar surface area (TPSA) is 29.3 Å². The average molecular weight is 357 g/mol. The number of alkyl halides is 3. The predicted molar refractivity (Wildman–Crippen MR) is 85.4 cm³/mol. The summed E-state index contributed by atoms with van der Waals surface area (Å²) in [6, 6.07) is 3.59. The SMILES string of the molecule is CC1(C)CN(Cc2cc(C(F)(F)F)ccc2Cl)CCC1N.Cl. The lowest BCUT2D eigenvalue weighted by atomic mass is 9.79. The molecule has 22 heavy (non-hydrogen) atoms. The Bertz CT molecular complexity index is 518. The van der Waals surface area contributed by atoms with Gasteiger partial charge in [-0.1, -0.05) is 25.4 Å². The Labute approximate surface area is 140 Å². The molecule has 1 aromatic rings. The van der Waals surface area contributed by atoms with Gasteiger partial charge in [-0.15, -0.1) is 12.4 Å². The van der Waals surface area contributed by atoms with E-state index in [-0.39, 0.29) is 23.9 Å². The van der Waals surface area contributed by atoms with Crippen LogP contribution in [0.5, 0.6) is 0 Å². The van der Waals surface area contributed by atoms with Gasteiger partial charge < -0.3 is 5.73 Å². The highest BCUT2D eigenvalue weighted by atomic mass is 35.5. The maximum Gasteiger partial charge on any atom is 0.416 e. The summed E-state index contributed by atoms with van der Waals surface area (Å²) in [5.74, 6) is 0. The lowest BCUT2D eigenvalue weighted by molar-refractivity contribution is -0.137. The number of hydrogen-bond donors (Lipinski definition) is 1. The zero-order valence-corrected chi connectivity index (χ0v) is 14.2. The second kappa shape index (κ2) is 6.95. The van der Waals surface area contributed by atoms with Crippen LogP contribution >= 0.6 is 24.0 Å². The maximum atomic E-state index is 12.8. The van der Waals surface area contributed by atoms with Crippen LogP contribution in [0.4, 0.5) is 13.2 Å². The lowest BCUT2D eigenvalue weighted by Gasteiger charge is -2.42. The first kappa shape index (κ1) is 19.6. The zero-order chi connectivity index (χ0) is 15.8. The molecule has 1 unspecified atom stereocenters. The largest absolute Gasteiger partial charge is 0.416 e. The number of benzene rings is 1. The monoisotopic (exact) mass is 356 g/mol. The third kappa shape index (κ3) is 4.51. The van der Waals surface area contributed by atoms with Gasteiger partial charge in [0.1, 0.15) is 0 Å². The number of rotatable bonds is 2. The summed E-state index contributed by atoms with van der Waals surface area (Å²) in [5, 5.41) is 0.371. The zero-order valence-electron chi connectivity index (χ0n) is 12.6. The third-order valence-corrected chi connectivity index (χ3v) is 4.53. The van der Waals surface area contributed by atoms with E-state index in [0.717, 1.165) is 31.6 Å². The molecule has 0 bridgehead atoms. The van der Waals surface area contributed by atoms with Gasteiger partial charge in [0.25, 0.3) is 0 Å². The summed E-state index contributed by atoms with van der Waals surface area (Å²) in [7, 11) is 0. The molecule has 2 nitrogen and oxygen atoms in total. The van der Waals surface area contributed by atoms with E-state index in [4.69, 9.17) is 17.3 Å².